The molecule has 1 atom stereocenters. The number of nitrogens with one attached hydrogen (secondary N) is 1. The number of ether oxygens (including phenoxy) is 2. The molecule has 0 amide bonds. The molecule has 0 unspecified atom stereocenters. The lowest BCUT2D eigenvalue weighted by molar-refractivity contribution is 0.279. The Labute approximate surface area is 182 Å². The smallest absolute Gasteiger partial charge is 0.180 e. The summed E-state index contributed by atoms with van der Waals surface area (Å²) in [5, 5.41) is 3.97. The highest BCUT2D eigenvalue weighted by Crippen LogP contribution is 2.37. The van der Waals surface area contributed by atoms with Gasteiger partial charge in [-0.05, 0) is 49.1 Å². The molecule has 3 aromatic carbocycles. The van der Waals surface area contributed by atoms with E-state index in [2.05, 4.69) is 36.5 Å². The number of aryl methyl sites for hydroxylation is 1. The molecule has 0 bridgehead atoms. The van der Waals surface area contributed by atoms with Crippen LogP contribution in [0.4, 0.5) is 4.39 Å². The van der Waals surface area contributed by atoms with Crippen molar-refractivity contribution in [2.75, 3.05) is 7.11 Å². The molecule has 0 fully saturated rings. The molecule has 0 saturated carbocycles. The zero-order valence-corrected chi connectivity index (χ0v) is 18.1. The van der Waals surface area contributed by atoms with Gasteiger partial charge < -0.3 is 14.8 Å². The summed E-state index contributed by atoms with van der Waals surface area (Å²) < 4.78 is 25.1. The maximum absolute atomic E-state index is 13.8. The Bertz CT molecular complexity index is 949. The van der Waals surface area contributed by atoms with Crippen molar-refractivity contribution in [3.63, 3.8) is 0 Å². The van der Waals surface area contributed by atoms with Crippen LogP contribution in [0.2, 0.25) is 5.02 Å². The fourth-order valence-corrected chi connectivity index (χ4v) is 3.49. The van der Waals surface area contributed by atoms with Gasteiger partial charge >= 0.3 is 0 Å². The zero-order chi connectivity index (χ0) is 21.3. The van der Waals surface area contributed by atoms with Gasteiger partial charge in [0, 0.05) is 18.2 Å². The number of rotatable bonds is 10. The van der Waals surface area contributed by atoms with Crippen molar-refractivity contribution >= 4 is 11.6 Å². The predicted octanol–water partition coefficient (Wildman–Crippen LogP) is 6.18. The minimum atomic E-state index is -0.308. The van der Waals surface area contributed by atoms with Crippen molar-refractivity contribution in [1.29, 1.82) is 0 Å². The van der Waals surface area contributed by atoms with Crippen LogP contribution < -0.4 is 14.8 Å². The van der Waals surface area contributed by atoms with Gasteiger partial charge in [-0.1, -0.05) is 60.1 Å². The molecule has 3 nitrogen and oxygen atoms in total. The van der Waals surface area contributed by atoms with Crippen molar-refractivity contribution in [3.8, 4) is 11.5 Å². The summed E-state index contributed by atoms with van der Waals surface area (Å²) >= 11 is 6.45. The van der Waals surface area contributed by atoms with Gasteiger partial charge in [-0.2, -0.15) is 0 Å². The molecule has 0 aliphatic carbocycles. The summed E-state index contributed by atoms with van der Waals surface area (Å²) in [6.07, 6.45) is 2.07. The van der Waals surface area contributed by atoms with Crippen LogP contribution in [0, 0.1) is 5.82 Å². The Hall–Kier alpha value is -2.56. The second-order valence-corrected chi connectivity index (χ2v) is 7.70. The van der Waals surface area contributed by atoms with Crippen molar-refractivity contribution in [2.24, 2.45) is 0 Å². The van der Waals surface area contributed by atoms with E-state index < -0.39 is 0 Å². The molecule has 5 heteroatoms. The summed E-state index contributed by atoms with van der Waals surface area (Å²) in [5.41, 5.74) is 2.81. The van der Waals surface area contributed by atoms with Crippen molar-refractivity contribution in [2.45, 2.75) is 39.0 Å². The van der Waals surface area contributed by atoms with Gasteiger partial charge in [-0.3, -0.25) is 0 Å². The molecule has 158 valence electrons. The van der Waals surface area contributed by atoms with E-state index in [0.717, 1.165) is 18.4 Å². The Kier molecular flexibility index (Phi) is 8.12. The summed E-state index contributed by atoms with van der Waals surface area (Å²) in [4.78, 5) is 0. The number of halogens is 2. The Morgan fingerprint density at radius 2 is 1.73 bits per heavy atom. The fourth-order valence-electron chi connectivity index (χ4n) is 3.20. The summed E-state index contributed by atoms with van der Waals surface area (Å²) in [6, 6.07) is 21.1. The SMILES string of the molecule is COc1cc(CN[C@H](C)CCc2ccccc2)cc(Cl)c1OCc1ccccc1F. The normalized spacial score (nSPS) is 11.9. The van der Waals surface area contributed by atoms with Crippen molar-refractivity contribution in [3.05, 3.63) is 94.3 Å². The number of benzene rings is 3. The third-order valence-electron chi connectivity index (χ3n) is 4.98. The van der Waals surface area contributed by atoms with E-state index in [1.807, 2.05) is 18.2 Å². The molecule has 3 rings (SSSR count). The first-order chi connectivity index (χ1) is 14.6. The van der Waals surface area contributed by atoms with E-state index in [4.69, 9.17) is 21.1 Å². The standard InChI is InChI=1S/C25H27ClFNO2/c1-18(12-13-19-8-4-3-5-9-19)28-16-20-14-22(26)25(24(15-20)29-2)30-17-21-10-6-7-11-23(21)27/h3-11,14-15,18,28H,12-13,16-17H2,1-2H3/t18-/m1/s1. The molecule has 0 saturated heterocycles. The molecule has 0 aromatic heterocycles. The third-order valence-corrected chi connectivity index (χ3v) is 5.26. The highest BCUT2D eigenvalue weighted by atomic mass is 35.5. The second-order valence-electron chi connectivity index (χ2n) is 7.30. The maximum atomic E-state index is 13.8. The van der Waals surface area contributed by atoms with E-state index in [1.165, 1.54) is 11.6 Å². The van der Waals surface area contributed by atoms with Gasteiger partial charge in [0.05, 0.1) is 12.1 Å². The van der Waals surface area contributed by atoms with Crippen molar-refractivity contribution in [1.82, 2.24) is 5.32 Å². The lowest BCUT2D eigenvalue weighted by atomic mass is 10.1. The number of methoxy groups -OCH3 is 1. The first-order valence-electron chi connectivity index (χ1n) is 10.1. The molecule has 1 N–H and O–H groups in total. The molecule has 0 aliphatic heterocycles. The van der Waals surface area contributed by atoms with Gasteiger partial charge in [-0.25, -0.2) is 4.39 Å². The van der Waals surface area contributed by atoms with Crippen LogP contribution in [0.5, 0.6) is 11.5 Å². The summed E-state index contributed by atoms with van der Waals surface area (Å²) in [6.45, 7) is 2.92. The largest absolute Gasteiger partial charge is 0.493 e. The van der Waals surface area contributed by atoms with Gasteiger partial charge in [0.15, 0.2) is 11.5 Å². The van der Waals surface area contributed by atoms with Crippen molar-refractivity contribution < 1.29 is 13.9 Å². The lowest BCUT2D eigenvalue weighted by Gasteiger charge is -2.17. The summed E-state index contributed by atoms with van der Waals surface area (Å²) in [5.74, 6) is 0.647. The molecular formula is C25H27ClFNO2. The first kappa shape index (κ1) is 22.1. The van der Waals surface area contributed by atoms with Crippen LogP contribution in [0.3, 0.4) is 0 Å². The Morgan fingerprint density at radius 1 is 1.00 bits per heavy atom. The van der Waals surface area contributed by atoms with Crippen LogP contribution >= 0.6 is 11.6 Å². The van der Waals surface area contributed by atoms with Gasteiger partial charge in [0.25, 0.3) is 0 Å². The van der Waals surface area contributed by atoms with Gasteiger partial charge in [0.1, 0.15) is 12.4 Å². The quantitative estimate of drug-likeness (QED) is 0.419. The second kappa shape index (κ2) is 11.0. The summed E-state index contributed by atoms with van der Waals surface area (Å²) in [7, 11) is 1.57. The van der Waals surface area contributed by atoms with E-state index in [-0.39, 0.29) is 12.4 Å². The molecule has 30 heavy (non-hydrogen) atoms. The monoisotopic (exact) mass is 427 g/mol. The molecule has 0 heterocycles. The minimum absolute atomic E-state index is 0.0802. The zero-order valence-electron chi connectivity index (χ0n) is 17.3. The maximum Gasteiger partial charge on any atom is 0.180 e. The van der Waals surface area contributed by atoms with E-state index >= 15 is 0 Å². The van der Waals surface area contributed by atoms with Crippen LogP contribution in [0.1, 0.15) is 30.0 Å². The highest BCUT2D eigenvalue weighted by Gasteiger charge is 2.14. The third kappa shape index (κ3) is 6.22. The van der Waals surface area contributed by atoms with E-state index in [1.54, 1.807) is 25.3 Å². The molecule has 0 spiro atoms. The van der Waals surface area contributed by atoms with Crippen LogP contribution in [0.25, 0.3) is 0 Å². The Balaban J connectivity index is 1.58. The van der Waals surface area contributed by atoms with E-state index in [0.29, 0.717) is 34.7 Å². The van der Waals surface area contributed by atoms with E-state index in [9.17, 15) is 4.39 Å². The van der Waals surface area contributed by atoms with Crippen LogP contribution in [-0.4, -0.2) is 13.2 Å². The molecule has 0 aliphatic rings. The Morgan fingerprint density at radius 3 is 2.47 bits per heavy atom. The minimum Gasteiger partial charge on any atom is -0.493 e. The van der Waals surface area contributed by atoms with Gasteiger partial charge in [-0.15, -0.1) is 0 Å². The molecular weight excluding hydrogens is 401 g/mol. The number of hydrogen-bond acceptors (Lipinski definition) is 3. The van der Waals surface area contributed by atoms with Crippen LogP contribution in [-0.2, 0) is 19.6 Å². The lowest BCUT2D eigenvalue weighted by Crippen LogP contribution is -2.26. The average Bonchev–Trinajstić information content (AvgIpc) is 2.77. The fraction of sp³-hybridized carbons (Fsp3) is 0.280. The molecule has 3 aromatic rings. The highest BCUT2D eigenvalue weighted by molar-refractivity contribution is 6.32. The molecule has 0 radical (unpaired) electrons. The average molecular weight is 428 g/mol. The number of hydrogen-bond donors (Lipinski definition) is 1. The topological polar surface area (TPSA) is 30.5 Å². The first-order valence-corrected chi connectivity index (χ1v) is 10.4. The van der Waals surface area contributed by atoms with Crippen LogP contribution in [0.15, 0.2) is 66.7 Å². The van der Waals surface area contributed by atoms with Gasteiger partial charge in [0.2, 0.25) is 0 Å². The predicted molar refractivity (Wildman–Crippen MR) is 120 cm³/mol.